The lowest BCUT2D eigenvalue weighted by molar-refractivity contribution is 0.0975. The number of ether oxygens (including phenoxy) is 1. The number of fused-ring (bicyclic) bond motifs is 1. The van der Waals surface area contributed by atoms with E-state index in [9.17, 15) is 18.4 Å². The molecule has 1 saturated heterocycles. The van der Waals surface area contributed by atoms with Gasteiger partial charge in [-0.15, -0.1) is 0 Å². The number of hydrogen-bond donors (Lipinski definition) is 0. The lowest BCUT2D eigenvalue weighted by Gasteiger charge is -2.40. The molecule has 1 aliphatic heterocycles. The minimum Gasteiger partial charge on any atom is -0.755 e. The molecule has 0 saturated carbocycles. The van der Waals surface area contributed by atoms with Gasteiger partial charge >= 0.3 is 6.09 Å². The smallest absolute Gasteiger partial charge is 0.409 e. The van der Waals surface area contributed by atoms with Gasteiger partial charge < -0.3 is 14.2 Å². The Morgan fingerprint density at radius 1 is 1.18 bits per heavy atom. The monoisotopic (exact) mass is 403 g/mol. The maximum atomic E-state index is 12.1. The van der Waals surface area contributed by atoms with E-state index in [1.54, 1.807) is 24.0 Å². The number of piperidine rings is 1. The maximum absolute atomic E-state index is 12.1. The average molecular weight is 403 g/mol. The van der Waals surface area contributed by atoms with Crippen molar-refractivity contribution < 1.29 is 23.1 Å². The van der Waals surface area contributed by atoms with Gasteiger partial charge in [0.25, 0.3) is 0 Å². The van der Waals surface area contributed by atoms with E-state index in [0.29, 0.717) is 49.2 Å². The van der Waals surface area contributed by atoms with Crippen molar-refractivity contribution in [3.05, 3.63) is 42.0 Å². The van der Waals surface area contributed by atoms with Gasteiger partial charge in [-0.2, -0.15) is 0 Å². The molecule has 0 bridgehead atoms. The number of benzene rings is 2. The van der Waals surface area contributed by atoms with Crippen molar-refractivity contribution in [1.29, 1.82) is 0 Å². The van der Waals surface area contributed by atoms with Crippen LogP contribution in [0.15, 0.2) is 36.4 Å². The molecule has 0 N–H and O–H groups in total. The van der Waals surface area contributed by atoms with Crippen LogP contribution in [0.3, 0.4) is 0 Å². The highest BCUT2D eigenvalue weighted by Gasteiger charge is 2.29. The van der Waals surface area contributed by atoms with Gasteiger partial charge in [0, 0.05) is 41.3 Å². The first-order chi connectivity index (χ1) is 13.4. The number of amides is 1. The molecule has 7 nitrogen and oxygen atoms in total. The second-order valence-corrected chi connectivity index (χ2v) is 7.52. The summed E-state index contributed by atoms with van der Waals surface area (Å²) in [6.07, 6.45) is 0.650. The van der Waals surface area contributed by atoms with Crippen LogP contribution in [0.25, 0.3) is 10.8 Å². The minimum absolute atomic E-state index is 0.0692. The Morgan fingerprint density at radius 2 is 1.82 bits per heavy atom. The molecule has 2 aromatic carbocycles. The molecule has 1 fully saturated rings. The molecule has 1 heterocycles. The van der Waals surface area contributed by atoms with Crippen LogP contribution in [0, 0.1) is 0 Å². The van der Waals surface area contributed by atoms with Crippen molar-refractivity contribution >= 4 is 39.6 Å². The molecule has 3 rings (SSSR count). The highest BCUT2D eigenvalue weighted by atomic mass is 32.2. The van der Waals surface area contributed by atoms with Crippen LogP contribution < -0.4 is 4.31 Å². The largest absolute Gasteiger partial charge is 0.755 e. The summed E-state index contributed by atoms with van der Waals surface area (Å²) in [7, 11) is 0. The second-order valence-electron chi connectivity index (χ2n) is 6.69. The number of likely N-dealkylation sites (tertiary alicyclic amines) is 1. The SMILES string of the molecule is CCOC(=O)N1CCC(N(c2ccc(C(C)=O)c3ccccc23)S(=O)[O-])CC1. The van der Waals surface area contributed by atoms with E-state index in [2.05, 4.69) is 0 Å². The third-order valence-electron chi connectivity index (χ3n) is 5.00. The number of carbonyl (C=O) groups is 2. The van der Waals surface area contributed by atoms with Crippen LogP contribution in [-0.2, 0) is 16.0 Å². The predicted octanol–water partition coefficient (Wildman–Crippen LogP) is 3.26. The first-order valence-electron chi connectivity index (χ1n) is 9.27. The van der Waals surface area contributed by atoms with Gasteiger partial charge in [0.05, 0.1) is 12.3 Å². The Morgan fingerprint density at radius 3 is 2.39 bits per heavy atom. The van der Waals surface area contributed by atoms with Crippen LogP contribution in [0.5, 0.6) is 0 Å². The van der Waals surface area contributed by atoms with Crippen LogP contribution in [-0.4, -0.2) is 51.3 Å². The van der Waals surface area contributed by atoms with E-state index in [1.807, 2.05) is 24.3 Å². The van der Waals surface area contributed by atoms with Crippen LogP contribution >= 0.6 is 0 Å². The molecule has 0 radical (unpaired) electrons. The van der Waals surface area contributed by atoms with Crippen molar-refractivity contribution in [2.75, 3.05) is 24.0 Å². The number of anilines is 1. The highest BCUT2D eigenvalue weighted by molar-refractivity contribution is 7.80. The van der Waals surface area contributed by atoms with Crippen LogP contribution in [0.2, 0.25) is 0 Å². The number of rotatable bonds is 5. The molecular weight excluding hydrogens is 380 g/mol. The molecule has 1 atom stereocenters. The standard InChI is InChI=1S/C20H24N2O5S/c1-3-27-20(24)21-12-10-15(11-13-21)22(28(25)26)19-9-8-16(14(2)23)17-6-4-5-7-18(17)19/h4-9,15H,3,10-13H2,1-2H3,(H,25,26)/p-1. The van der Waals surface area contributed by atoms with Crippen LogP contribution in [0.1, 0.15) is 37.0 Å². The molecule has 0 spiro atoms. The number of carbonyl (C=O) groups excluding carboxylic acids is 2. The summed E-state index contributed by atoms with van der Waals surface area (Å²) in [5, 5.41) is 1.44. The zero-order valence-electron chi connectivity index (χ0n) is 15.9. The number of nitrogens with zero attached hydrogens (tertiary/aromatic N) is 2. The molecule has 1 aliphatic rings. The van der Waals surface area contributed by atoms with Gasteiger partial charge in [0.15, 0.2) is 5.78 Å². The van der Waals surface area contributed by atoms with Crippen molar-refractivity contribution in [2.45, 2.75) is 32.7 Å². The van der Waals surface area contributed by atoms with Crippen molar-refractivity contribution in [3.63, 3.8) is 0 Å². The predicted molar refractivity (Wildman–Crippen MR) is 107 cm³/mol. The normalized spacial score (nSPS) is 16.0. The summed E-state index contributed by atoms with van der Waals surface area (Å²) in [5.74, 6) is -0.0692. The second kappa shape index (κ2) is 8.70. The Hall–Kier alpha value is -2.45. The molecular formula is C20H23N2O5S-. The van der Waals surface area contributed by atoms with Gasteiger partial charge in [0.2, 0.25) is 0 Å². The van der Waals surface area contributed by atoms with E-state index in [4.69, 9.17) is 4.74 Å². The van der Waals surface area contributed by atoms with Crippen molar-refractivity contribution in [2.24, 2.45) is 0 Å². The first-order valence-corrected chi connectivity index (χ1v) is 10.3. The third kappa shape index (κ3) is 4.02. The molecule has 2 aromatic rings. The topological polar surface area (TPSA) is 90.0 Å². The number of ketones is 1. The fourth-order valence-corrected chi connectivity index (χ4v) is 4.45. The molecule has 1 amide bonds. The third-order valence-corrected chi connectivity index (χ3v) is 5.82. The Kier molecular flexibility index (Phi) is 6.31. The molecule has 0 aromatic heterocycles. The minimum atomic E-state index is -2.49. The molecule has 0 aliphatic carbocycles. The summed E-state index contributed by atoms with van der Waals surface area (Å²) >= 11 is -2.49. The lowest BCUT2D eigenvalue weighted by atomic mass is 9.99. The van der Waals surface area contributed by atoms with Crippen molar-refractivity contribution in [1.82, 2.24) is 4.90 Å². The Balaban J connectivity index is 1.92. The Bertz CT molecular complexity index is 909. The lowest BCUT2D eigenvalue weighted by Crippen LogP contribution is -2.47. The average Bonchev–Trinajstić information content (AvgIpc) is 2.68. The van der Waals surface area contributed by atoms with Crippen molar-refractivity contribution in [3.8, 4) is 0 Å². The van der Waals surface area contributed by atoms with Gasteiger partial charge in [-0.3, -0.25) is 13.3 Å². The zero-order chi connectivity index (χ0) is 20.3. The van der Waals surface area contributed by atoms with Gasteiger partial charge in [0.1, 0.15) is 0 Å². The summed E-state index contributed by atoms with van der Waals surface area (Å²) in [6.45, 7) is 4.42. The molecule has 28 heavy (non-hydrogen) atoms. The number of Topliss-reactive ketones (excluding diaryl/α,β-unsaturated/α-hetero) is 1. The summed E-state index contributed by atoms with van der Waals surface area (Å²) in [5.41, 5.74) is 1.11. The quantitative estimate of drug-likeness (QED) is 0.565. The van der Waals surface area contributed by atoms with E-state index in [-0.39, 0.29) is 17.9 Å². The van der Waals surface area contributed by atoms with E-state index < -0.39 is 11.3 Å². The van der Waals surface area contributed by atoms with E-state index >= 15 is 0 Å². The summed E-state index contributed by atoms with van der Waals surface area (Å²) in [6, 6.07) is 10.4. The van der Waals surface area contributed by atoms with E-state index in [1.165, 1.54) is 11.2 Å². The van der Waals surface area contributed by atoms with Gasteiger partial charge in [-0.25, -0.2) is 4.79 Å². The summed E-state index contributed by atoms with van der Waals surface area (Å²) < 4.78 is 30.7. The molecule has 1 unspecified atom stereocenters. The first kappa shape index (κ1) is 20.3. The maximum Gasteiger partial charge on any atom is 0.409 e. The van der Waals surface area contributed by atoms with Gasteiger partial charge in [-0.05, 0) is 44.2 Å². The Labute approximate surface area is 166 Å². The molecule has 150 valence electrons. The molecule has 8 heteroatoms. The number of hydrogen-bond acceptors (Lipinski definition) is 5. The van der Waals surface area contributed by atoms with Crippen LogP contribution in [0.4, 0.5) is 10.5 Å². The van der Waals surface area contributed by atoms with E-state index in [0.717, 1.165) is 5.39 Å². The fourth-order valence-electron chi connectivity index (χ4n) is 3.68. The van der Waals surface area contributed by atoms with Gasteiger partial charge in [-0.1, -0.05) is 24.3 Å². The highest BCUT2D eigenvalue weighted by Crippen LogP contribution is 2.34. The zero-order valence-corrected chi connectivity index (χ0v) is 16.7. The summed E-state index contributed by atoms with van der Waals surface area (Å²) in [4.78, 5) is 25.4. The fraction of sp³-hybridized carbons (Fsp3) is 0.400.